The monoisotopic (exact) mass is 350 g/mol. The molecular formula is C17H23ClN4O2. The van der Waals surface area contributed by atoms with Crippen molar-refractivity contribution in [3.63, 3.8) is 0 Å². The smallest absolute Gasteiger partial charge is 0.249 e. The Morgan fingerprint density at radius 1 is 1.04 bits per heavy atom. The predicted octanol–water partition coefficient (Wildman–Crippen LogP) is 0.686. The maximum atomic E-state index is 12.1. The number of hydrogen-bond acceptors (Lipinski definition) is 5. The zero-order valence-corrected chi connectivity index (χ0v) is 14.4. The van der Waals surface area contributed by atoms with E-state index in [2.05, 4.69) is 38.6 Å². The minimum Gasteiger partial charge on any atom is -0.369 e. The Bertz CT molecular complexity index is 645. The van der Waals surface area contributed by atoms with Crippen LogP contribution < -0.4 is 20.4 Å². The molecule has 6 nitrogen and oxygen atoms in total. The zero-order chi connectivity index (χ0) is 15.8. The number of anilines is 2. The van der Waals surface area contributed by atoms with Crippen molar-refractivity contribution in [3.05, 3.63) is 23.8 Å². The van der Waals surface area contributed by atoms with E-state index in [1.807, 2.05) is 0 Å². The Kier molecular flexibility index (Phi) is 4.96. The van der Waals surface area contributed by atoms with Crippen LogP contribution in [-0.2, 0) is 16.0 Å². The van der Waals surface area contributed by atoms with Crippen LogP contribution in [0.1, 0.15) is 18.4 Å². The summed E-state index contributed by atoms with van der Waals surface area (Å²) in [6.45, 7) is 4.98. The van der Waals surface area contributed by atoms with Gasteiger partial charge in [-0.1, -0.05) is 0 Å². The van der Waals surface area contributed by atoms with Crippen LogP contribution in [0, 0.1) is 0 Å². The first-order valence-electron chi connectivity index (χ1n) is 8.41. The van der Waals surface area contributed by atoms with Gasteiger partial charge in [0.2, 0.25) is 11.8 Å². The summed E-state index contributed by atoms with van der Waals surface area (Å²) in [5.74, 6) is -0.306. The summed E-state index contributed by atoms with van der Waals surface area (Å²) >= 11 is 0. The van der Waals surface area contributed by atoms with E-state index < -0.39 is 0 Å². The molecule has 0 spiro atoms. The topological polar surface area (TPSA) is 64.7 Å². The second kappa shape index (κ2) is 6.99. The van der Waals surface area contributed by atoms with E-state index in [0.29, 0.717) is 12.8 Å². The van der Waals surface area contributed by atoms with Crippen LogP contribution in [0.2, 0.25) is 0 Å². The Balaban J connectivity index is 0.00000169. The Labute approximate surface area is 148 Å². The quantitative estimate of drug-likeness (QED) is 0.768. The standard InChI is InChI=1S/C17H22N4O2.ClH/c22-16-4-3-15(17(23)19-16)21-8-5-12-11-13(1-2-14(12)21)20-9-6-18-7-10-20;/h1-2,11,15,18H,3-10H2,(H,19,22,23);1H. The van der Waals surface area contributed by atoms with E-state index in [-0.39, 0.29) is 30.3 Å². The maximum Gasteiger partial charge on any atom is 0.249 e. The van der Waals surface area contributed by atoms with E-state index in [9.17, 15) is 9.59 Å². The number of carbonyl (C=O) groups excluding carboxylic acids is 2. The number of benzene rings is 1. The molecule has 1 unspecified atom stereocenters. The van der Waals surface area contributed by atoms with Crippen LogP contribution >= 0.6 is 12.4 Å². The van der Waals surface area contributed by atoms with Crippen molar-refractivity contribution < 1.29 is 9.59 Å². The minimum atomic E-state index is -0.209. The molecule has 0 saturated carbocycles. The molecule has 0 bridgehead atoms. The van der Waals surface area contributed by atoms with Crippen LogP contribution in [0.25, 0.3) is 0 Å². The molecule has 1 aromatic rings. The van der Waals surface area contributed by atoms with E-state index in [4.69, 9.17) is 0 Å². The molecule has 3 aliphatic heterocycles. The van der Waals surface area contributed by atoms with Gasteiger partial charge < -0.3 is 15.1 Å². The third-order valence-electron chi connectivity index (χ3n) is 5.06. The summed E-state index contributed by atoms with van der Waals surface area (Å²) < 4.78 is 0. The molecule has 2 N–H and O–H groups in total. The van der Waals surface area contributed by atoms with E-state index in [0.717, 1.165) is 44.8 Å². The van der Waals surface area contributed by atoms with Gasteiger partial charge in [-0.3, -0.25) is 14.9 Å². The lowest BCUT2D eigenvalue weighted by molar-refractivity contribution is -0.134. The van der Waals surface area contributed by atoms with Gasteiger partial charge >= 0.3 is 0 Å². The van der Waals surface area contributed by atoms with Crippen molar-refractivity contribution >= 4 is 35.6 Å². The molecule has 0 aromatic heterocycles. The number of amides is 2. The minimum absolute atomic E-state index is 0. The molecule has 3 aliphatic rings. The van der Waals surface area contributed by atoms with Gasteiger partial charge in [0.15, 0.2) is 0 Å². The number of piperidine rings is 1. The van der Waals surface area contributed by atoms with Gasteiger partial charge in [-0.05, 0) is 36.6 Å². The van der Waals surface area contributed by atoms with E-state index >= 15 is 0 Å². The number of rotatable bonds is 2. The first-order valence-corrected chi connectivity index (χ1v) is 8.41. The van der Waals surface area contributed by atoms with Gasteiger partial charge in [0.1, 0.15) is 6.04 Å². The van der Waals surface area contributed by atoms with Crippen molar-refractivity contribution in [3.8, 4) is 0 Å². The largest absolute Gasteiger partial charge is 0.369 e. The average molecular weight is 351 g/mol. The molecule has 130 valence electrons. The number of fused-ring (bicyclic) bond motifs is 1. The predicted molar refractivity (Wildman–Crippen MR) is 96.0 cm³/mol. The second-order valence-electron chi connectivity index (χ2n) is 6.46. The highest BCUT2D eigenvalue weighted by Gasteiger charge is 2.35. The maximum absolute atomic E-state index is 12.1. The molecule has 1 aromatic carbocycles. The van der Waals surface area contributed by atoms with Gasteiger partial charge in [-0.25, -0.2) is 0 Å². The van der Waals surface area contributed by atoms with Gasteiger partial charge in [-0.15, -0.1) is 12.4 Å². The van der Waals surface area contributed by atoms with Crippen molar-refractivity contribution in [2.75, 3.05) is 42.5 Å². The SMILES string of the molecule is Cl.O=C1CCC(N2CCc3cc(N4CCNCC4)ccc32)C(=O)N1. The molecule has 2 saturated heterocycles. The van der Waals surface area contributed by atoms with Gasteiger partial charge in [0.25, 0.3) is 0 Å². The number of halogens is 1. The van der Waals surface area contributed by atoms with Crippen molar-refractivity contribution in [2.45, 2.75) is 25.3 Å². The molecule has 7 heteroatoms. The first-order chi connectivity index (χ1) is 11.2. The fourth-order valence-corrected chi connectivity index (χ4v) is 3.84. The Hall–Kier alpha value is -1.79. The Morgan fingerprint density at radius 2 is 1.83 bits per heavy atom. The highest BCUT2D eigenvalue weighted by molar-refractivity contribution is 6.02. The normalized spacial score (nSPS) is 23.6. The summed E-state index contributed by atoms with van der Waals surface area (Å²) in [5, 5.41) is 5.84. The van der Waals surface area contributed by atoms with Crippen LogP contribution in [0.4, 0.5) is 11.4 Å². The van der Waals surface area contributed by atoms with Gasteiger partial charge in [0, 0.05) is 50.5 Å². The lowest BCUT2D eigenvalue weighted by Gasteiger charge is -2.32. The Morgan fingerprint density at radius 3 is 2.58 bits per heavy atom. The van der Waals surface area contributed by atoms with Gasteiger partial charge in [0.05, 0.1) is 0 Å². The molecular weight excluding hydrogens is 328 g/mol. The third kappa shape index (κ3) is 3.08. The lowest BCUT2D eigenvalue weighted by Crippen LogP contribution is -2.52. The second-order valence-corrected chi connectivity index (χ2v) is 6.46. The zero-order valence-electron chi connectivity index (χ0n) is 13.6. The molecule has 2 amide bonds. The van der Waals surface area contributed by atoms with Crippen LogP contribution in [0.15, 0.2) is 18.2 Å². The number of nitrogens with zero attached hydrogens (tertiary/aromatic N) is 2. The number of carbonyl (C=O) groups is 2. The molecule has 4 rings (SSSR count). The van der Waals surface area contributed by atoms with Gasteiger partial charge in [-0.2, -0.15) is 0 Å². The van der Waals surface area contributed by atoms with E-state index in [1.165, 1.54) is 11.3 Å². The summed E-state index contributed by atoms with van der Waals surface area (Å²) in [7, 11) is 0. The summed E-state index contributed by atoms with van der Waals surface area (Å²) in [4.78, 5) is 28.0. The number of hydrogen-bond donors (Lipinski definition) is 2. The highest BCUT2D eigenvalue weighted by Crippen LogP contribution is 2.34. The van der Waals surface area contributed by atoms with E-state index in [1.54, 1.807) is 0 Å². The summed E-state index contributed by atoms with van der Waals surface area (Å²) in [6, 6.07) is 6.36. The lowest BCUT2D eigenvalue weighted by atomic mass is 10.0. The van der Waals surface area contributed by atoms with Crippen molar-refractivity contribution in [1.82, 2.24) is 10.6 Å². The number of nitrogens with one attached hydrogen (secondary N) is 2. The third-order valence-corrected chi connectivity index (χ3v) is 5.06. The molecule has 2 fully saturated rings. The summed E-state index contributed by atoms with van der Waals surface area (Å²) in [6.07, 6.45) is 2.01. The molecule has 1 atom stereocenters. The fraction of sp³-hybridized carbons (Fsp3) is 0.529. The van der Waals surface area contributed by atoms with Crippen molar-refractivity contribution in [2.24, 2.45) is 0 Å². The number of imide groups is 1. The molecule has 0 aliphatic carbocycles. The first kappa shape index (κ1) is 17.0. The van der Waals surface area contributed by atoms with Crippen LogP contribution in [0.3, 0.4) is 0 Å². The van der Waals surface area contributed by atoms with Crippen molar-refractivity contribution in [1.29, 1.82) is 0 Å². The van der Waals surface area contributed by atoms with Crippen LogP contribution in [-0.4, -0.2) is 50.6 Å². The average Bonchev–Trinajstić information content (AvgIpc) is 2.99. The molecule has 0 radical (unpaired) electrons. The summed E-state index contributed by atoms with van der Waals surface area (Å²) in [5.41, 5.74) is 3.74. The fourth-order valence-electron chi connectivity index (χ4n) is 3.84. The van der Waals surface area contributed by atoms with Crippen LogP contribution in [0.5, 0.6) is 0 Å². The number of piperazine rings is 1. The molecule has 3 heterocycles. The molecule has 24 heavy (non-hydrogen) atoms. The highest BCUT2D eigenvalue weighted by atomic mass is 35.5.